The highest BCUT2D eigenvalue weighted by Crippen LogP contribution is 2.15. The summed E-state index contributed by atoms with van der Waals surface area (Å²) in [5.74, 6) is 0.362. The molecule has 3 nitrogen and oxygen atoms in total. The maximum absolute atomic E-state index is 10.8. The summed E-state index contributed by atoms with van der Waals surface area (Å²) in [7, 11) is 0. The molecule has 11 heavy (non-hydrogen) atoms. The molecule has 1 saturated heterocycles. The van der Waals surface area contributed by atoms with Crippen LogP contribution in [0.5, 0.6) is 0 Å². The van der Waals surface area contributed by atoms with Gasteiger partial charge in [0.15, 0.2) is 0 Å². The number of carbonyl (C=O) groups is 1. The molecule has 3 heteroatoms. The van der Waals surface area contributed by atoms with E-state index in [0.717, 1.165) is 6.42 Å². The van der Waals surface area contributed by atoms with E-state index in [0.29, 0.717) is 12.3 Å². The number of nitrogens with one attached hydrogen (secondary N) is 1. The average Bonchev–Trinajstić information content (AvgIpc) is 2.10. The van der Waals surface area contributed by atoms with Gasteiger partial charge >= 0.3 is 0 Å². The van der Waals surface area contributed by atoms with Gasteiger partial charge in [-0.3, -0.25) is 4.79 Å². The number of amides is 1. The quantitative estimate of drug-likeness (QED) is 0.605. The van der Waals surface area contributed by atoms with Crippen LogP contribution in [0.2, 0.25) is 0 Å². The highest BCUT2D eigenvalue weighted by molar-refractivity contribution is 5.83. The first-order valence-corrected chi connectivity index (χ1v) is 4.08. The Morgan fingerprint density at radius 3 is 2.73 bits per heavy atom. The van der Waals surface area contributed by atoms with Crippen LogP contribution < -0.4 is 5.32 Å². The summed E-state index contributed by atoms with van der Waals surface area (Å²) in [6.45, 7) is 4.22. The van der Waals surface area contributed by atoms with Crippen molar-refractivity contribution in [1.82, 2.24) is 5.32 Å². The normalized spacial score (nSPS) is 31.1. The van der Waals surface area contributed by atoms with Crippen LogP contribution in [0.4, 0.5) is 0 Å². The molecule has 1 rings (SSSR count). The molecule has 1 aliphatic heterocycles. The summed E-state index contributed by atoms with van der Waals surface area (Å²) >= 11 is 0. The van der Waals surface area contributed by atoms with Crippen molar-refractivity contribution in [2.75, 3.05) is 0 Å². The van der Waals surface area contributed by atoms with Crippen molar-refractivity contribution >= 4 is 5.91 Å². The van der Waals surface area contributed by atoms with Crippen LogP contribution in [0.25, 0.3) is 0 Å². The number of rotatable bonds is 2. The first-order chi connectivity index (χ1) is 5.09. The van der Waals surface area contributed by atoms with Gasteiger partial charge in [-0.05, 0) is 12.3 Å². The molecule has 1 fully saturated rings. The molecule has 64 valence electrons. The average molecular weight is 157 g/mol. The Kier molecular flexibility index (Phi) is 2.49. The number of aliphatic hydroxyl groups excluding tert-OH is 1. The summed E-state index contributed by atoms with van der Waals surface area (Å²) in [6.07, 6.45) is 0.776. The van der Waals surface area contributed by atoms with Crippen molar-refractivity contribution in [1.29, 1.82) is 0 Å². The third-order valence-corrected chi connectivity index (χ3v) is 1.91. The summed E-state index contributed by atoms with van der Waals surface area (Å²) in [6, 6.07) is 0.192. The van der Waals surface area contributed by atoms with Crippen molar-refractivity contribution in [3.8, 4) is 0 Å². The monoisotopic (exact) mass is 157 g/mol. The predicted octanol–water partition coefficient (Wildman–Crippen LogP) is 0.282. The minimum absolute atomic E-state index is 0.192. The molecule has 2 atom stereocenters. The molecular formula is C8H15NO2. The largest absolute Gasteiger partial charge is 0.383 e. The topological polar surface area (TPSA) is 49.3 Å². The fourth-order valence-corrected chi connectivity index (χ4v) is 1.46. The fourth-order valence-electron chi connectivity index (χ4n) is 1.46. The molecule has 0 spiro atoms. The molecular weight excluding hydrogens is 142 g/mol. The van der Waals surface area contributed by atoms with E-state index in [4.69, 9.17) is 5.11 Å². The van der Waals surface area contributed by atoms with Gasteiger partial charge in [-0.1, -0.05) is 13.8 Å². The van der Waals surface area contributed by atoms with Gasteiger partial charge in [0.2, 0.25) is 5.91 Å². The summed E-state index contributed by atoms with van der Waals surface area (Å²) in [5, 5.41) is 11.8. The van der Waals surface area contributed by atoms with Crippen LogP contribution in [0.15, 0.2) is 0 Å². The minimum atomic E-state index is -0.765. The molecule has 0 radical (unpaired) electrons. The van der Waals surface area contributed by atoms with E-state index < -0.39 is 6.10 Å². The number of hydrogen-bond acceptors (Lipinski definition) is 2. The molecule has 0 aromatic rings. The molecule has 1 amide bonds. The van der Waals surface area contributed by atoms with Crippen LogP contribution in [0.3, 0.4) is 0 Å². The van der Waals surface area contributed by atoms with Gasteiger partial charge in [0.25, 0.3) is 0 Å². The van der Waals surface area contributed by atoms with E-state index in [-0.39, 0.29) is 11.9 Å². The Labute approximate surface area is 66.8 Å². The third kappa shape index (κ3) is 2.19. The Bertz CT molecular complexity index is 156. The van der Waals surface area contributed by atoms with Gasteiger partial charge in [-0.2, -0.15) is 0 Å². The highest BCUT2D eigenvalue weighted by atomic mass is 16.3. The Morgan fingerprint density at radius 2 is 2.36 bits per heavy atom. The van der Waals surface area contributed by atoms with E-state index in [2.05, 4.69) is 19.2 Å². The van der Waals surface area contributed by atoms with Gasteiger partial charge in [0.05, 0.1) is 0 Å². The Balaban J connectivity index is 2.35. The highest BCUT2D eigenvalue weighted by Gasteiger charge is 2.29. The fraction of sp³-hybridized carbons (Fsp3) is 0.875. The zero-order chi connectivity index (χ0) is 8.43. The summed E-state index contributed by atoms with van der Waals surface area (Å²) in [4.78, 5) is 10.8. The molecule has 0 aromatic carbocycles. The maximum Gasteiger partial charge on any atom is 0.249 e. The van der Waals surface area contributed by atoms with Crippen molar-refractivity contribution in [2.24, 2.45) is 5.92 Å². The molecule has 1 aliphatic rings. The molecule has 1 heterocycles. The number of carbonyl (C=O) groups excluding carboxylic acids is 1. The second kappa shape index (κ2) is 3.22. The van der Waals surface area contributed by atoms with Gasteiger partial charge in [0.1, 0.15) is 6.10 Å². The van der Waals surface area contributed by atoms with Crippen LogP contribution in [-0.4, -0.2) is 23.2 Å². The molecule has 2 unspecified atom stereocenters. The second-order valence-corrected chi connectivity index (χ2v) is 3.59. The van der Waals surface area contributed by atoms with Crippen molar-refractivity contribution in [3.63, 3.8) is 0 Å². The van der Waals surface area contributed by atoms with E-state index in [1.807, 2.05) is 0 Å². The smallest absolute Gasteiger partial charge is 0.249 e. The van der Waals surface area contributed by atoms with Gasteiger partial charge in [-0.15, -0.1) is 0 Å². The lowest BCUT2D eigenvalue weighted by Gasteiger charge is -2.11. The van der Waals surface area contributed by atoms with Gasteiger partial charge < -0.3 is 10.4 Å². The number of hydrogen-bond donors (Lipinski definition) is 2. The Morgan fingerprint density at radius 1 is 1.73 bits per heavy atom. The minimum Gasteiger partial charge on any atom is -0.383 e. The van der Waals surface area contributed by atoms with Crippen molar-refractivity contribution in [2.45, 2.75) is 38.8 Å². The van der Waals surface area contributed by atoms with Crippen LogP contribution in [0.1, 0.15) is 26.7 Å². The first kappa shape index (κ1) is 8.53. The van der Waals surface area contributed by atoms with E-state index in [1.165, 1.54) is 0 Å². The first-order valence-electron chi connectivity index (χ1n) is 4.08. The summed E-state index contributed by atoms with van der Waals surface area (Å²) < 4.78 is 0. The van der Waals surface area contributed by atoms with Gasteiger partial charge in [-0.25, -0.2) is 0 Å². The lowest BCUT2D eigenvalue weighted by Crippen LogP contribution is -2.28. The standard InChI is InChI=1S/C8H15NO2/c1-5(2)3-6-4-7(10)8(11)9-6/h5-7,10H,3-4H2,1-2H3,(H,9,11). The predicted molar refractivity (Wildman–Crippen MR) is 42.0 cm³/mol. The van der Waals surface area contributed by atoms with Crippen molar-refractivity contribution in [3.05, 3.63) is 0 Å². The zero-order valence-electron chi connectivity index (χ0n) is 7.00. The third-order valence-electron chi connectivity index (χ3n) is 1.91. The van der Waals surface area contributed by atoms with Gasteiger partial charge in [0, 0.05) is 12.5 Å². The van der Waals surface area contributed by atoms with E-state index in [9.17, 15) is 4.79 Å². The zero-order valence-corrected chi connectivity index (χ0v) is 7.00. The SMILES string of the molecule is CC(C)CC1CC(O)C(=O)N1. The summed E-state index contributed by atoms with van der Waals surface area (Å²) in [5.41, 5.74) is 0. The molecule has 2 N–H and O–H groups in total. The molecule has 0 saturated carbocycles. The van der Waals surface area contributed by atoms with Crippen LogP contribution in [0, 0.1) is 5.92 Å². The van der Waals surface area contributed by atoms with Crippen molar-refractivity contribution < 1.29 is 9.90 Å². The lowest BCUT2D eigenvalue weighted by atomic mass is 10.0. The Hall–Kier alpha value is -0.570. The lowest BCUT2D eigenvalue weighted by molar-refractivity contribution is -0.126. The van der Waals surface area contributed by atoms with Crippen LogP contribution in [-0.2, 0) is 4.79 Å². The molecule has 0 aromatic heterocycles. The van der Waals surface area contributed by atoms with E-state index in [1.54, 1.807) is 0 Å². The molecule has 0 aliphatic carbocycles. The maximum atomic E-state index is 10.8. The van der Waals surface area contributed by atoms with E-state index >= 15 is 0 Å². The number of aliphatic hydroxyl groups is 1. The van der Waals surface area contributed by atoms with Crippen LogP contribution >= 0.6 is 0 Å². The second-order valence-electron chi connectivity index (χ2n) is 3.59. The molecule has 0 bridgehead atoms.